The molecule has 0 aliphatic heterocycles. The lowest BCUT2D eigenvalue weighted by Gasteiger charge is -2.15. The van der Waals surface area contributed by atoms with Crippen LogP contribution in [-0.2, 0) is 6.42 Å². The average molecular weight is 305 g/mol. The molecule has 94 valence electrons. The Morgan fingerprint density at radius 3 is 2.50 bits per heavy atom. The van der Waals surface area contributed by atoms with Crippen molar-refractivity contribution in [3.05, 3.63) is 69.2 Å². The van der Waals surface area contributed by atoms with Gasteiger partial charge >= 0.3 is 0 Å². The van der Waals surface area contributed by atoms with E-state index in [9.17, 15) is 5.11 Å². The molecule has 1 N–H and O–H groups in total. The lowest BCUT2D eigenvalue weighted by Crippen LogP contribution is -2.04. The van der Waals surface area contributed by atoms with Crippen LogP contribution in [0.25, 0.3) is 0 Å². The Hall–Kier alpha value is -1.12. The minimum atomic E-state index is -0.454. The largest absolute Gasteiger partial charge is 0.388 e. The molecule has 2 rings (SSSR count). The van der Waals surface area contributed by atoms with Crippen molar-refractivity contribution in [2.45, 2.75) is 26.4 Å². The van der Waals surface area contributed by atoms with E-state index in [1.807, 2.05) is 43.3 Å². The van der Waals surface area contributed by atoms with Crippen LogP contribution in [0.3, 0.4) is 0 Å². The lowest BCUT2D eigenvalue weighted by atomic mass is 9.96. The van der Waals surface area contributed by atoms with Crippen LogP contribution in [-0.4, -0.2) is 5.11 Å². The van der Waals surface area contributed by atoms with Crippen molar-refractivity contribution in [3.8, 4) is 0 Å². The number of aliphatic hydroxyl groups excluding tert-OH is 1. The van der Waals surface area contributed by atoms with Gasteiger partial charge in [-0.3, -0.25) is 0 Å². The highest BCUT2D eigenvalue weighted by molar-refractivity contribution is 9.10. The van der Waals surface area contributed by atoms with Gasteiger partial charge in [0.15, 0.2) is 0 Å². The molecule has 0 fully saturated rings. The number of hydrogen-bond donors (Lipinski definition) is 1. The molecule has 0 aliphatic rings. The van der Waals surface area contributed by atoms with Crippen LogP contribution in [0.4, 0.5) is 0 Å². The van der Waals surface area contributed by atoms with Gasteiger partial charge in [-0.05, 0) is 36.6 Å². The topological polar surface area (TPSA) is 20.2 Å². The molecule has 0 radical (unpaired) electrons. The van der Waals surface area contributed by atoms with Crippen LogP contribution < -0.4 is 0 Å². The van der Waals surface area contributed by atoms with Crippen LogP contribution in [0.5, 0.6) is 0 Å². The third kappa shape index (κ3) is 3.01. The van der Waals surface area contributed by atoms with Gasteiger partial charge in [-0.1, -0.05) is 57.9 Å². The maximum atomic E-state index is 10.3. The maximum Gasteiger partial charge on any atom is 0.0833 e. The molecule has 0 bridgehead atoms. The maximum absolute atomic E-state index is 10.3. The van der Waals surface area contributed by atoms with Crippen LogP contribution in [0.15, 0.2) is 46.9 Å². The zero-order valence-corrected chi connectivity index (χ0v) is 12.2. The first-order chi connectivity index (χ1) is 8.58. The van der Waals surface area contributed by atoms with Crippen molar-refractivity contribution >= 4 is 15.9 Å². The minimum absolute atomic E-state index is 0.454. The molecule has 2 aromatic carbocycles. The van der Waals surface area contributed by atoms with Crippen molar-refractivity contribution < 1.29 is 5.11 Å². The zero-order valence-electron chi connectivity index (χ0n) is 10.7. The van der Waals surface area contributed by atoms with E-state index in [-0.39, 0.29) is 0 Å². The molecule has 2 aromatic rings. The van der Waals surface area contributed by atoms with Gasteiger partial charge in [-0.25, -0.2) is 0 Å². The molecule has 0 aliphatic carbocycles. The Morgan fingerprint density at radius 1 is 1.11 bits per heavy atom. The summed E-state index contributed by atoms with van der Waals surface area (Å²) < 4.78 is 1.05. The van der Waals surface area contributed by atoms with Gasteiger partial charge in [0.2, 0.25) is 0 Å². The number of benzene rings is 2. The third-order valence-electron chi connectivity index (χ3n) is 3.16. The Kier molecular flexibility index (Phi) is 4.20. The monoisotopic (exact) mass is 304 g/mol. The molecule has 0 spiro atoms. The van der Waals surface area contributed by atoms with Gasteiger partial charge in [-0.15, -0.1) is 0 Å². The summed E-state index contributed by atoms with van der Waals surface area (Å²) >= 11 is 3.52. The number of hydrogen-bond acceptors (Lipinski definition) is 1. The molecule has 1 nitrogen and oxygen atoms in total. The summed E-state index contributed by atoms with van der Waals surface area (Å²) in [5.74, 6) is 0. The standard InChI is InChI=1S/C16H17BrO/c1-11-7-8-14(12(2)9-11)16(18)10-13-5-3-4-6-15(13)17/h3-9,16,18H,10H2,1-2H3. The zero-order chi connectivity index (χ0) is 13.1. The SMILES string of the molecule is Cc1ccc(C(O)Cc2ccccc2Br)c(C)c1. The average Bonchev–Trinajstić information content (AvgIpc) is 2.32. The van der Waals surface area contributed by atoms with Crippen molar-refractivity contribution in [1.82, 2.24) is 0 Å². The minimum Gasteiger partial charge on any atom is -0.388 e. The highest BCUT2D eigenvalue weighted by Crippen LogP contribution is 2.25. The first kappa shape index (κ1) is 13.3. The molecule has 18 heavy (non-hydrogen) atoms. The molecule has 1 atom stereocenters. The van der Waals surface area contributed by atoms with E-state index in [1.165, 1.54) is 5.56 Å². The van der Waals surface area contributed by atoms with Crippen molar-refractivity contribution in [3.63, 3.8) is 0 Å². The fourth-order valence-electron chi connectivity index (χ4n) is 2.18. The fraction of sp³-hybridized carbons (Fsp3) is 0.250. The van der Waals surface area contributed by atoms with Crippen molar-refractivity contribution in [1.29, 1.82) is 0 Å². The summed E-state index contributed by atoms with van der Waals surface area (Å²) in [6, 6.07) is 14.2. The Morgan fingerprint density at radius 2 is 1.83 bits per heavy atom. The fourth-order valence-corrected chi connectivity index (χ4v) is 2.63. The first-order valence-electron chi connectivity index (χ1n) is 6.06. The lowest BCUT2D eigenvalue weighted by molar-refractivity contribution is 0.177. The van der Waals surface area contributed by atoms with Gasteiger partial charge in [-0.2, -0.15) is 0 Å². The van der Waals surface area contributed by atoms with E-state index >= 15 is 0 Å². The van der Waals surface area contributed by atoms with Gasteiger partial charge in [0.1, 0.15) is 0 Å². The number of rotatable bonds is 3. The summed E-state index contributed by atoms with van der Waals surface area (Å²) in [6.45, 7) is 4.11. The van der Waals surface area contributed by atoms with E-state index in [0.717, 1.165) is 21.2 Å². The quantitative estimate of drug-likeness (QED) is 0.894. The van der Waals surface area contributed by atoms with E-state index in [0.29, 0.717) is 6.42 Å². The smallest absolute Gasteiger partial charge is 0.0833 e. The molecule has 0 saturated heterocycles. The molecule has 0 amide bonds. The van der Waals surface area contributed by atoms with Crippen LogP contribution >= 0.6 is 15.9 Å². The van der Waals surface area contributed by atoms with Gasteiger partial charge in [0.25, 0.3) is 0 Å². The summed E-state index contributed by atoms with van der Waals surface area (Å²) in [4.78, 5) is 0. The molecule has 1 unspecified atom stereocenters. The van der Waals surface area contributed by atoms with E-state index < -0.39 is 6.10 Å². The molecule has 0 saturated carbocycles. The Labute approximate surface area is 117 Å². The third-order valence-corrected chi connectivity index (χ3v) is 3.93. The molecule has 0 heterocycles. The first-order valence-corrected chi connectivity index (χ1v) is 6.86. The summed E-state index contributed by atoms with van der Waals surface area (Å²) in [5, 5.41) is 10.3. The second-order valence-corrected chi connectivity index (χ2v) is 5.53. The predicted molar refractivity (Wildman–Crippen MR) is 78.7 cm³/mol. The number of halogens is 1. The number of aryl methyl sites for hydroxylation is 2. The molecule has 0 aromatic heterocycles. The second kappa shape index (κ2) is 5.68. The number of aliphatic hydroxyl groups is 1. The Balaban J connectivity index is 2.22. The van der Waals surface area contributed by atoms with Gasteiger partial charge in [0.05, 0.1) is 6.10 Å². The van der Waals surface area contributed by atoms with Gasteiger partial charge in [0, 0.05) is 10.9 Å². The molecule has 2 heteroatoms. The van der Waals surface area contributed by atoms with E-state index in [4.69, 9.17) is 0 Å². The highest BCUT2D eigenvalue weighted by atomic mass is 79.9. The molecular formula is C16H17BrO. The van der Waals surface area contributed by atoms with E-state index in [2.05, 4.69) is 28.9 Å². The predicted octanol–water partition coefficient (Wildman–Crippen LogP) is 4.34. The Bertz CT molecular complexity index is 549. The molecular weight excluding hydrogens is 288 g/mol. The van der Waals surface area contributed by atoms with Crippen LogP contribution in [0.1, 0.15) is 28.4 Å². The van der Waals surface area contributed by atoms with E-state index in [1.54, 1.807) is 0 Å². The summed E-state index contributed by atoms with van der Waals surface area (Å²) in [6.07, 6.45) is 0.176. The van der Waals surface area contributed by atoms with Crippen molar-refractivity contribution in [2.24, 2.45) is 0 Å². The second-order valence-electron chi connectivity index (χ2n) is 4.67. The highest BCUT2D eigenvalue weighted by Gasteiger charge is 2.12. The normalized spacial score (nSPS) is 12.4. The van der Waals surface area contributed by atoms with Crippen LogP contribution in [0.2, 0.25) is 0 Å². The van der Waals surface area contributed by atoms with Gasteiger partial charge < -0.3 is 5.11 Å². The van der Waals surface area contributed by atoms with Crippen LogP contribution in [0, 0.1) is 13.8 Å². The summed E-state index contributed by atoms with van der Waals surface area (Å²) in [5.41, 5.74) is 4.51. The van der Waals surface area contributed by atoms with Crippen molar-refractivity contribution in [2.75, 3.05) is 0 Å². The summed E-state index contributed by atoms with van der Waals surface area (Å²) in [7, 11) is 0.